The fourth-order valence-corrected chi connectivity index (χ4v) is 5.03. The van der Waals surface area contributed by atoms with Crippen molar-refractivity contribution in [1.29, 1.82) is 10.5 Å². The lowest BCUT2D eigenvalue weighted by atomic mass is 9.67. The van der Waals surface area contributed by atoms with E-state index in [9.17, 15) is 15.3 Å². The van der Waals surface area contributed by atoms with Crippen LogP contribution in [0.25, 0.3) is 0 Å². The number of nitrogens with zero attached hydrogens (tertiary/aromatic N) is 2. The quantitative estimate of drug-likeness (QED) is 0.802. The third-order valence-electron chi connectivity index (χ3n) is 4.88. The van der Waals surface area contributed by atoms with E-state index in [-0.39, 0.29) is 5.91 Å². The molecule has 25 heavy (non-hydrogen) atoms. The third-order valence-corrected chi connectivity index (χ3v) is 6.69. The van der Waals surface area contributed by atoms with Crippen LogP contribution in [0.15, 0.2) is 28.8 Å². The molecule has 1 aliphatic carbocycles. The summed E-state index contributed by atoms with van der Waals surface area (Å²) >= 11 is 13.4. The first-order chi connectivity index (χ1) is 12.0. The Bertz CT molecular complexity index is 832. The number of hydrogen-bond donors (Lipinski definition) is 1. The molecule has 2 aliphatic rings. The molecule has 4 nitrogen and oxygen atoms in total. The molecule has 0 saturated heterocycles. The van der Waals surface area contributed by atoms with Crippen molar-refractivity contribution in [3.8, 4) is 12.1 Å². The molecule has 1 aromatic rings. The number of allylic oxidation sites excluding steroid dienone is 1. The van der Waals surface area contributed by atoms with E-state index in [4.69, 9.17) is 23.2 Å². The highest BCUT2D eigenvalue weighted by atomic mass is 35.5. The van der Waals surface area contributed by atoms with Gasteiger partial charge in [0.05, 0.1) is 32.8 Å². The van der Waals surface area contributed by atoms with E-state index in [0.717, 1.165) is 18.4 Å². The summed E-state index contributed by atoms with van der Waals surface area (Å²) in [5.74, 6) is -0.552. The Kier molecular flexibility index (Phi) is 5.29. The summed E-state index contributed by atoms with van der Waals surface area (Å²) in [6, 6.07) is 9.76. The lowest BCUT2D eigenvalue weighted by Gasteiger charge is -2.37. The van der Waals surface area contributed by atoms with Gasteiger partial charge in [-0.3, -0.25) is 4.79 Å². The van der Waals surface area contributed by atoms with Crippen LogP contribution in [0, 0.1) is 34.0 Å². The second-order valence-electron chi connectivity index (χ2n) is 6.27. The maximum atomic E-state index is 12.4. The summed E-state index contributed by atoms with van der Waals surface area (Å²) in [7, 11) is 0. The van der Waals surface area contributed by atoms with Gasteiger partial charge in [-0.05, 0) is 30.5 Å². The number of thioether (sulfide) groups is 1. The van der Waals surface area contributed by atoms with Crippen molar-refractivity contribution in [3.05, 3.63) is 44.4 Å². The zero-order valence-corrected chi connectivity index (χ0v) is 15.6. The molecule has 1 aromatic carbocycles. The van der Waals surface area contributed by atoms with Crippen LogP contribution < -0.4 is 5.32 Å². The molecule has 128 valence electrons. The minimum atomic E-state index is -0.793. The van der Waals surface area contributed by atoms with Crippen LogP contribution in [0.5, 0.6) is 0 Å². The van der Waals surface area contributed by atoms with Crippen molar-refractivity contribution in [1.82, 2.24) is 5.32 Å². The molecule has 0 radical (unpaired) electrons. The smallest absolute Gasteiger partial charge is 0.243 e. The molecule has 1 amide bonds. The SMILES string of the molecule is N#CC1=C(SCc2ccc(Cl)c(Cl)c2)NC(=O)C(C#N)C12CCCC2. The largest absolute Gasteiger partial charge is 0.319 e. The van der Waals surface area contributed by atoms with Crippen molar-refractivity contribution in [3.63, 3.8) is 0 Å². The predicted molar refractivity (Wildman–Crippen MR) is 98.5 cm³/mol. The number of benzene rings is 1. The Morgan fingerprint density at radius 2 is 1.96 bits per heavy atom. The molecule has 1 N–H and O–H groups in total. The molecule has 1 heterocycles. The number of carbonyl (C=O) groups is 1. The van der Waals surface area contributed by atoms with Gasteiger partial charge in [-0.1, -0.05) is 42.1 Å². The highest BCUT2D eigenvalue weighted by molar-refractivity contribution is 8.02. The zero-order valence-electron chi connectivity index (χ0n) is 13.3. The number of hydrogen-bond acceptors (Lipinski definition) is 4. The lowest BCUT2D eigenvalue weighted by Crippen LogP contribution is -2.46. The van der Waals surface area contributed by atoms with E-state index in [0.29, 0.717) is 39.2 Å². The second-order valence-corrected chi connectivity index (χ2v) is 8.07. The number of halogens is 2. The minimum absolute atomic E-state index is 0.306. The molecule has 1 unspecified atom stereocenters. The van der Waals surface area contributed by atoms with Gasteiger partial charge in [-0.25, -0.2) is 0 Å². The van der Waals surface area contributed by atoms with Gasteiger partial charge in [0.25, 0.3) is 0 Å². The highest BCUT2D eigenvalue weighted by Gasteiger charge is 2.52. The number of carbonyl (C=O) groups excluding carboxylic acids is 1. The molecular formula is C18H15Cl2N3OS. The lowest BCUT2D eigenvalue weighted by molar-refractivity contribution is -0.126. The first kappa shape index (κ1) is 18.1. The minimum Gasteiger partial charge on any atom is -0.319 e. The van der Waals surface area contributed by atoms with E-state index in [1.165, 1.54) is 11.8 Å². The fourth-order valence-electron chi connectivity index (χ4n) is 3.65. The third kappa shape index (κ3) is 3.25. The molecular weight excluding hydrogens is 377 g/mol. The summed E-state index contributed by atoms with van der Waals surface area (Å²) in [4.78, 5) is 12.4. The van der Waals surface area contributed by atoms with Gasteiger partial charge in [0.2, 0.25) is 5.91 Å². The van der Waals surface area contributed by atoms with E-state index >= 15 is 0 Å². The number of rotatable bonds is 3. The second kappa shape index (κ2) is 7.30. The van der Waals surface area contributed by atoms with Crippen molar-refractivity contribution in [2.24, 2.45) is 11.3 Å². The summed E-state index contributed by atoms with van der Waals surface area (Å²) in [5.41, 5.74) is 0.855. The first-order valence-electron chi connectivity index (χ1n) is 7.94. The van der Waals surface area contributed by atoms with Crippen LogP contribution in [0.1, 0.15) is 31.2 Å². The summed E-state index contributed by atoms with van der Waals surface area (Å²) < 4.78 is 0. The van der Waals surface area contributed by atoms with Crippen molar-refractivity contribution >= 4 is 40.9 Å². The zero-order chi connectivity index (χ0) is 18.0. The first-order valence-corrected chi connectivity index (χ1v) is 9.68. The van der Waals surface area contributed by atoms with Crippen LogP contribution >= 0.6 is 35.0 Å². The van der Waals surface area contributed by atoms with E-state index in [1.54, 1.807) is 12.1 Å². The molecule has 1 saturated carbocycles. The average molecular weight is 392 g/mol. The molecule has 0 bridgehead atoms. The molecule has 1 fully saturated rings. The maximum absolute atomic E-state index is 12.4. The topological polar surface area (TPSA) is 76.7 Å². The highest BCUT2D eigenvalue weighted by Crippen LogP contribution is 2.53. The van der Waals surface area contributed by atoms with Gasteiger partial charge in [0, 0.05) is 11.2 Å². The van der Waals surface area contributed by atoms with Gasteiger partial charge >= 0.3 is 0 Å². The molecule has 1 spiro atoms. The van der Waals surface area contributed by atoms with Crippen LogP contribution in [-0.2, 0) is 10.5 Å². The van der Waals surface area contributed by atoms with Crippen molar-refractivity contribution in [2.75, 3.05) is 0 Å². The Labute approximate surface area is 160 Å². The summed E-state index contributed by atoms with van der Waals surface area (Å²) in [5, 5.41) is 23.5. The molecule has 1 atom stereocenters. The Morgan fingerprint density at radius 3 is 2.56 bits per heavy atom. The fraction of sp³-hybridized carbons (Fsp3) is 0.389. The number of amides is 1. The average Bonchev–Trinajstić information content (AvgIpc) is 3.06. The Balaban J connectivity index is 1.92. The molecule has 0 aromatic heterocycles. The summed E-state index contributed by atoms with van der Waals surface area (Å²) in [6.07, 6.45) is 3.28. The van der Waals surface area contributed by atoms with E-state index in [1.807, 2.05) is 6.07 Å². The predicted octanol–water partition coefficient (Wildman–Crippen LogP) is 4.79. The molecule has 3 rings (SSSR count). The standard InChI is InChI=1S/C18H15Cl2N3OS/c19-14-4-3-11(7-15(14)20)10-25-17-13(9-22)18(5-1-2-6-18)12(8-21)16(24)23-17/h3-4,7,12H,1-2,5-6,10H2,(H,23,24). The van der Waals surface area contributed by atoms with Gasteiger partial charge in [0.15, 0.2) is 0 Å². The van der Waals surface area contributed by atoms with Crippen molar-refractivity contribution < 1.29 is 4.79 Å². The number of nitriles is 2. The normalized spacial score (nSPS) is 21.8. The van der Waals surface area contributed by atoms with Crippen molar-refractivity contribution in [2.45, 2.75) is 31.4 Å². The summed E-state index contributed by atoms with van der Waals surface area (Å²) in [6.45, 7) is 0. The van der Waals surface area contributed by atoms with Crippen LogP contribution in [-0.4, -0.2) is 5.91 Å². The van der Waals surface area contributed by atoms with Gasteiger partial charge in [0.1, 0.15) is 5.92 Å². The van der Waals surface area contributed by atoms with Gasteiger partial charge in [-0.2, -0.15) is 10.5 Å². The van der Waals surface area contributed by atoms with E-state index in [2.05, 4.69) is 17.5 Å². The van der Waals surface area contributed by atoms with Crippen LogP contribution in [0.4, 0.5) is 0 Å². The van der Waals surface area contributed by atoms with Crippen LogP contribution in [0.2, 0.25) is 10.0 Å². The molecule has 7 heteroatoms. The van der Waals surface area contributed by atoms with Gasteiger partial charge in [-0.15, -0.1) is 11.8 Å². The Hall–Kier alpha value is -1.66. The monoisotopic (exact) mass is 391 g/mol. The Morgan fingerprint density at radius 1 is 1.24 bits per heavy atom. The maximum Gasteiger partial charge on any atom is 0.243 e. The van der Waals surface area contributed by atoms with Gasteiger partial charge < -0.3 is 5.32 Å². The van der Waals surface area contributed by atoms with E-state index < -0.39 is 11.3 Å². The molecule has 1 aliphatic heterocycles. The van der Waals surface area contributed by atoms with Crippen LogP contribution in [0.3, 0.4) is 0 Å². The number of nitrogens with one attached hydrogen (secondary N) is 1.